The maximum atomic E-state index is 13.0. The first-order chi connectivity index (χ1) is 11.6. The minimum Gasteiger partial charge on any atom is -0.287 e. The molecular formula is C20H13Cl2NO. The van der Waals surface area contributed by atoms with Crippen LogP contribution in [-0.2, 0) is 0 Å². The molecule has 0 saturated carbocycles. The Labute approximate surface area is 150 Å². The topological polar surface area (TPSA) is 29.4 Å². The van der Waals surface area contributed by atoms with Gasteiger partial charge in [0.25, 0.3) is 0 Å². The van der Waals surface area contributed by atoms with E-state index in [1.165, 1.54) is 0 Å². The summed E-state index contributed by atoms with van der Waals surface area (Å²) in [5.74, 6) is -0.205. The summed E-state index contributed by atoms with van der Waals surface area (Å²) in [5, 5.41) is 1.05. The maximum absolute atomic E-state index is 13.0. The van der Waals surface area contributed by atoms with Crippen molar-refractivity contribution in [1.82, 2.24) is 0 Å². The molecule has 0 heterocycles. The number of nitrogens with zero attached hydrogens (tertiary/aromatic N) is 1. The molecule has 0 bridgehead atoms. The fourth-order valence-electron chi connectivity index (χ4n) is 2.28. The van der Waals surface area contributed by atoms with Crippen molar-refractivity contribution in [1.29, 1.82) is 0 Å². The average Bonchev–Trinajstić information content (AvgIpc) is 2.60. The second-order valence-corrected chi connectivity index (χ2v) is 6.02. The number of para-hydroxylation sites is 1. The van der Waals surface area contributed by atoms with Gasteiger partial charge in [-0.25, -0.2) is 4.99 Å². The first-order valence-corrected chi connectivity index (χ1v) is 8.09. The van der Waals surface area contributed by atoms with Gasteiger partial charge in [-0.1, -0.05) is 65.7 Å². The normalized spacial score (nSPS) is 11.3. The van der Waals surface area contributed by atoms with Crippen molar-refractivity contribution in [2.24, 2.45) is 4.99 Å². The fourth-order valence-corrected chi connectivity index (χ4v) is 2.66. The van der Waals surface area contributed by atoms with E-state index < -0.39 is 0 Å². The largest absolute Gasteiger partial charge is 0.287 e. The lowest BCUT2D eigenvalue weighted by molar-refractivity contribution is 0.106. The van der Waals surface area contributed by atoms with Gasteiger partial charge < -0.3 is 0 Å². The second kappa shape index (κ2) is 7.43. The highest BCUT2D eigenvalue weighted by Crippen LogP contribution is 2.20. The van der Waals surface area contributed by atoms with Gasteiger partial charge in [0.1, 0.15) is 5.71 Å². The molecule has 0 aliphatic heterocycles. The lowest BCUT2D eigenvalue weighted by atomic mass is 10.0. The molecule has 0 amide bonds. The molecule has 0 aromatic heterocycles. The number of aliphatic imine (C=N–C) groups is 1. The van der Waals surface area contributed by atoms with E-state index in [0.29, 0.717) is 32.6 Å². The molecule has 0 saturated heterocycles. The standard InChI is InChI=1S/C20H13Cl2NO/c21-16-8-4-6-14(12-16)19(23-18-10-2-1-3-11-18)20(24)15-7-5-9-17(22)13-15/h1-13H. The summed E-state index contributed by atoms with van der Waals surface area (Å²) >= 11 is 12.1. The molecule has 0 aliphatic rings. The number of hydrogen-bond donors (Lipinski definition) is 0. The van der Waals surface area contributed by atoms with Crippen LogP contribution in [0.2, 0.25) is 10.0 Å². The molecule has 0 radical (unpaired) electrons. The van der Waals surface area contributed by atoms with Gasteiger partial charge in [0, 0.05) is 21.2 Å². The number of benzene rings is 3. The number of ketones is 1. The van der Waals surface area contributed by atoms with Crippen LogP contribution in [0.4, 0.5) is 5.69 Å². The Morgan fingerprint density at radius 2 is 1.29 bits per heavy atom. The SMILES string of the molecule is O=C(C(=Nc1ccccc1)c1cccc(Cl)c1)c1cccc(Cl)c1. The van der Waals surface area contributed by atoms with E-state index in [2.05, 4.69) is 4.99 Å². The van der Waals surface area contributed by atoms with Gasteiger partial charge in [-0.3, -0.25) is 4.79 Å². The summed E-state index contributed by atoms with van der Waals surface area (Å²) in [7, 11) is 0. The molecule has 3 aromatic carbocycles. The highest BCUT2D eigenvalue weighted by atomic mass is 35.5. The van der Waals surface area contributed by atoms with Crippen molar-refractivity contribution in [3.05, 3.63) is 100 Å². The Kier molecular flexibility index (Phi) is 5.09. The van der Waals surface area contributed by atoms with E-state index in [0.717, 1.165) is 0 Å². The zero-order valence-electron chi connectivity index (χ0n) is 12.6. The van der Waals surface area contributed by atoms with E-state index in [1.54, 1.807) is 42.5 Å². The van der Waals surface area contributed by atoms with Crippen LogP contribution in [-0.4, -0.2) is 11.5 Å². The molecule has 0 fully saturated rings. The molecule has 2 nitrogen and oxygen atoms in total. The minimum absolute atomic E-state index is 0.205. The van der Waals surface area contributed by atoms with Crippen molar-refractivity contribution in [2.75, 3.05) is 0 Å². The van der Waals surface area contributed by atoms with E-state index in [4.69, 9.17) is 23.2 Å². The van der Waals surface area contributed by atoms with Crippen LogP contribution < -0.4 is 0 Å². The summed E-state index contributed by atoms with van der Waals surface area (Å²) < 4.78 is 0. The minimum atomic E-state index is -0.205. The van der Waals surface area contributed by atoms with Crippen molar-refractivity contribution >= 4 is 40.4 Å². The van der Waals surface area contributed by atoms with Gasteiger partial charge in [0.2, 0.25) is 5.78 Å². The highest BCUT2D eigenvalue weighted by Gasteiger charge is 2.17. The molecule has 0 aliphatic carbocycles. The molecule has 3 aromatic rings. The van der Waals surface area contributed by atoms with Crippen molar-refractivity contribution in [3.63, 3.8) is 0 Å². The van der Waals surface area contributed by atoms with Crippen molar-refractivity contribution < 1.29 is 4.79 Å². The Morgan fingerprint density at radius 1 is 0.708 bits per heavy atom. The predicted molar refractivity (Wildman–Crippen MR) is 99.9 cm³/mol. The van der Waals surface area contributed by atoms with Crippen LogP contribution in [0.15, 0.2) is 83.9 Å². The Bertz CT molecular complexity index is 904. The smallest absolute Gasteiger partial charge is 0.212 e. The quantitative estimate of drug-likeness (QED) is 0.417. The second-order valence-electron chi connectivity index (χ2n) is 5.15. The molecule has 4 heteroatoms. The third-order valence-electron chi connectivity index (χ3n) is 3.40. The summed E-state index contributed by atoms with van der Waals surface area (Å²) in [6, 6.07) is 23.3. The van der Waals surface area contributed by atoms with Crippen LogP contribution in [0.1, 0.15) is 15.9 Å². The molecular weight excluding hydrogens is 341 g/mol. The summed E-state index contributed by atoms with van der Waals surface area (Å²) in [6.07, 6.45) is 0. The zero-order valence-corrected chi connectivity index (χ0v) is 14.1. The lowest BCUT2D eigenvalue weighted by Crippen LogP contribution is -2.15. The van der Waals surface area contributed by atoms with Gasteiger partial charge in [-0.05, 0) is 36.4 Å². The lowest BCUT2D eigenvalue weighted by Gasteiger charge is -2.08. The third-order valence-corrected chi connectivity index (χ3v) is 3.87. The first kappa shape index (κ1) is 16.4. The molecule has 0 N–H and O–H groups in total. The monoisotopic (exact) mass is 353 g/mol. The summed E-state index contributed by atoms with van der Waals surface area (Å²) in [4.78, 5) is 17.5. The van der Waals surface area contributed by atoms with E-state index >= 15 is 0 Å². The van der Waals surface area contributed by atoms with Gasteiger partial charge in [-0.2, -0.15) is 0 Å². The number of rotatable bonds is 4. The third kappa shape index (κ3) is 3.91. The van der Waals surface area contributed by atoms with Crippen LogP contribution in [0.25, 0.3) is 0 Å². The fraction of sp³-hybridized carbons (Fsp3) is 0. The molecule has 0 spiro atoms. The average molecular weight is 354 g/mol. The van der Waals surface area contributed by atoms with Gasteiger partial charge in [-0.15, -0.1) is 0 Å². The number of carbonyl (C=O) groups excluding carboxylic acids is 1. The zero-order chi connectivity index (χ0) is 16.9. The van der Waals surface area contributed by atoms with Crippen molar-refractivity contribution in [2.45, 2.75) is 0 Å². The van der Waals surface area contributed by atoms with Crippen LogP contribution in [0.3, 0.4) is 0 Å². The van der Waals surface area contributed by atoms with E-state index in [1.807, 2.05) is 36.4 Å². The molecule has 3 rings (SSSR count). The Balaban J connectivity index is 2.12. The van der Waals surface area contributed by atoms with Crippen molar-refractivity contribution in [3.8, 4) is 0 Å². The molecule has 0 unspecified atom stereocenters. The number of Topliss-reactive ketones (excluding diaryl/α,β-unsaturated/α-hetero) is 1. The number of hydrogen-bond acceptors (Lipinski definition) is 2. The van der Waals surface area contributed by atoms with Gasteiger partial charge in [0.15, 0.2) is 0 Å². The Hall–Kier alpha value is -2.42. The highest BCUT2D eigenvalue weighted by molar-refractivity contribution is 6.52. The number of halogens is 2. The summed E-state index contributed by atoms with van der Waals surface area (Å²) in [6.45, 7) is 0. The predicted octanol–water partition coefficient (Wildman–Crippen LogP) is 6.00. The van der Waals surface area contributed by atoms with Gasteiger partial charge in [0.05, 0.1) is 5.69 Å². The van der Waals surface area contributed by atoms with Gasteiger partial charge >= 0.3 is 0 Å². The first-order valence-electron chi connectivity index (χ1n) is 7.33. The van der Waals surface area contributed by atoms with Crippen LogP contribution >= 0.6 is 23.2 Å². The molecule has 118 valence electrons. The van der Waals surface area contributed by atoms with Crippen LogP contribution in [0.5, 0.6) is 0 Å². The van der Waals surface area contributed by atoms with Crippen LogP contribution in [0, 0.1) is 0 Å². The molecule has 24 heavy (non-hydrogen) atoms. The summed E-state index contributed by atoms with van der Waals surface area (Å²) in [5.41, 5.74) is 2.17. The Morgan fingerprint density at radius 3 is 1.92 bits per heavy atom. The maximum Gasteiger partial charge on any atom is 0.212 e. The van der Waals surface area contributed by atoms with E-state index in [9.17, 15) is 4.79 Å². The number of carbonyl (C=O) groups is 1. The molecule has 0 atom stereocenters. The van der Waals surface area contributed by atoms with E-state index in [-0.39, 0.29) is 5.78 Å².